The highest BCUT2D eigenvalue weighted by atomic mass is 16.5. The zero-order valence-electron chi connectivity index (χ0n) is 14.3. The number of carbonyl (C=O) groups excluding carboxylic acids is 1. The summed E-state index contributed by atoms with van der Waals surface area (Å²) in [6, 6.07) is 6.95. The second-order valence-electron chi connectivity index (χ2n) is 6.49. The summed E-state index contributed by atoms with van der Waals surface area (Å²) in [6.45, 7) is 6.56. The highest BCUT2D eigenvalue weighted by molar-refractivity contribution is 5.95. The van der Waals surface area contributed by atoms with Crippen LogP contribution in [0.3, 0.4) is 0 Å². The van der Waals surface area contributed by atoms with Gasteiger partial charge in [-0.2, -0.15) is 0 Å². The summed E-state index contributed by atoms with van der Waals surface area (Å²) in [4.78, 5) is 20.6. The van der Waals surface area contributed by atoms with E-state index in [4.69, 9.17) is 10.5 Å². The number of amides is 1. The van der Waals surface area contributed by atoms with E-state index >= 15 is 0 Å². The van der Waals surface area contributed by atoms with Crippen molar-refractivity contribution in [1.82, 2.24) is 15.3 Å². The molecule has 1 atom stereocenters. The van der Waals surface area contributed by atoms with Gasteiger partial charge in [-0.3, -0.25) is 9.78 Å². The predicted octanol–water partition coefficient (Wildman–Crippen LogP) is 2.76. The zero-order chi connectivity index (χ0) is 17.6. The van der Waals surface area contributed by atoms with E-state index in [9.17, 15) is 4.79 Å². The average Bonchev–Trinajstić information content (AvgIpc) is 2.55. The summed E-state index contributed by atoms with van der Waals surface area (Å²) < 4.78 is 5.61. The maximum Gasteiger partial charge on any atom is 0.251 e. The number of hydrogen-bond acceptors (Lipinski definition) is 5. The van der Waals surface area contributed by atoms with Crippen molar-refractivity contribution in [2.45, 2.75) is 32.7 Å². The van der Waals surface area contributed by atoms with Crippen molar-refractivity contribution in [3.05, 3.63) is 48.4 Å². The lowest BCUT2D eigenvalue weighted by Gasteiger charge is -2.31. The molecule has 6 heteroatoms. The Morgan fingerprint density at radius 3 is 2.79 bits per heavy atom. The van der Waals surface area contributed by atoms with Crippen LogP contribution in [0.15, 0.2) is 42.9 Å². The summed E-state index contributed by atoms with van der Waals surface area (Å²) in [5, 5.41) is 3.03. The van der Waals surface area contributed by atoms with Gasteiger partial charge < -0.3 is 15.8 Å². The lowest BCUT2D eigenvalue weighted by molar-refractivity contribution is 0.0898. The van der Waals surface area contributed by atoms with Crippen LogP contribution < -0.4 is 15.8 Å². The molecule has 0 bridgehead atoms. The Bertz CT molecular complexity index is 676. The first-order valence-electron chi connectivity index (χ1n) is 7.98. The normalized spacial score (nSPS) is 13.4. The van der Waals surface area contributed by atoms with Crippen molar-refractivity contribution >= 4 is 5.91 Å². The summed E-state index contributed by atoms with van der Waals surface area (Å²) in [5.41, 5.74) is 5.94. The summed E-state index contributed by atoms with van der Waals surface area (Å²) in [5.74, 6) is 1.17. The molecule has 24 heavy (non-hydrogen) atoms. The fourth-order valence-electron chi connectivity index (χ4n) is 2.59. The van der Waals surface area contributed by atoms with Crippen LogP contribution in [0.2, 0.25) is 0 Å². The van der Waals surface area contributed by atoms with Crippen molar-refractivity contribution in [2.75, 3.05) is 6.54 Å². The molecule has 2 rings (SSSR count). The SMILES string of the molecule is CC(C)CC(C)(CN)NC(=O)c1cccc(Oc2cnccn2)c1. The maximum atomic E-state index is 12.6. The molecule has 6 nitrogen and oxygen atoms in total. The molecule has 0 fully saturated rings. The number of nitrogens with one attached hydrogen (secondary N) is 1. The van der Waals surface area contributed by atoms with Gasteiger partial charge in [0.25, 0.3) is 5.91 Å². The van der Waals surface area contributed by atoms with Crippen LogP contribution in [0.1, 0.15) is 37.6 Å². The quantitative estimate of drug-likeness (QED) is 0.815. The van der Waals surface area contributed by atoms with E-state index in [2.05, 4.69) is 29.1 Å². The number of nitrogens with two attached hydrogens (primary N) is 1. The molecular formula is C18H24N4O2. The predicted molar refractivity (Wildman–Crippen MR) is 92.9 cm³/mol. The third kappa shape index (κ3) is 5.03. The van der Waals surface area contributed by atoms with Crippen molar-refractivity contribution in [1.29, 1.82) is 0 Å². The van der Waals surface area contributed by atoms with Crippen LogP contribution in [0, 0.1) is 5.92 Å². The first kappa shape index (κ1) is 17.9. The van der Waals surface area contributed by atoms with Gasteiger partial charge in [-0.25, -0.2) is 4.98 Å². The van der Waals surface area contributed by atoms with Crippen LogP contribution in [0.25, 0.3) is 0 Å². The van der Waals surface area contributed by atoms with E-state index in [0.29, 0.717) is 29.7 Å². The van der Waals surface area contributed by atoms with Crippen LogP contribution in [0.5, 0.6) is 11.6 Å². The van der Waals surface area contributed by atoms with Crippen LogP contribution in [-0.2, 0) is 0 Å². The second kappa shape index (κ2) is 7.88. The zero-order valence-corrected chi connectivity index (χ0v) is 14.3. The molecule has 3 N–H and O–H groups in total. The first-order chi connectivity index (χ1) is 11.4. The Kier molecular flexibility index (Phi) is 5.87. The van der Waals surface area contributed by atoms with Gasteiger partial charge in [0.1, 0.15) is 5.75 Å². The van der Waals surface area contributed by atoms with Gasteiger partial charge in [0.05, 0.1) is 6.20 Å². The number of benzene rings is 1. The van der Waals surface area contributed by atoms with Crippen LogP contribution >= 0.6 is 0 Å². The summed E-state index contributed by atoms with van der Waals surface area (Å²) >= 11 is 0. The van der Waals surface area contributed by atoms with E-state index in [1.807, 2.05) is 6.92 Å². The van der Waals surface area contributed by atoms with Gasteiger partial charge >= 0.3 is 0 Å². The molecule has 0 aliphatic rings. The summed E-state index contributed by atoms with van der Waals surface area (Å²) in [7, 11) is 0. The number of carbonyl (C=O) groups is 1. The number of hydrogen-bond donors (Lipinski definition) is 2. The molecule has 1 aromatic carbocycles. The van der Waals surface area contributed by atoms with E-state index in [0.717, 1.165) is 6.42 Å². The fourth-order valence-corrected chi connectivity index (χ4v) is 2.59. The minimum Gasteiger partial charge on any atom is -0.437 e. The lowest BCUT2D eigenvalue weighted by Crippen LogP contribution is -2.52. The van der Waals surface area contributed by atoms with Gasteiger partial charge in [-0.1, -0.05) is 19.9 Å². The van der Waals surface area contributed by atoms with Gasteiger partial charge in [-0.05, 0) is 37.5 Å². The number of rotatable bonds is 7. The molecular weight excluding hydrogens is 304 g/mol. The Morgan fingerprint density at radius 1 is 1.38 bits per heavy atom. The topological polar surface area (TPSA) is 90.1 Å². The van der Waals surface area contributed by atoms with Gasteiger partial charge in [0.2, 0.25) is 5.88 Å². The molecule has 0 radical (unpaired) electrons. The Morgan fingerprint density at radius 2 is 2.17 bits per heavy atom. The average molecular weight is 328 g/mol. The standard InChI is InChI=1S/C18H24N4O2/c1-13(2)10-18(3,12-19)22-17(23)14-5-4-6-15(9-14)24-16-11-20-7-8-21-16/h4-9,11,13H,10,12,19H2,1-3H3,(H,22,23). The van der Waals surface area contributed by atoms with Crippen LogP contribution in [-0.4, -0.2) is 28.0 Å². The Hall–Kier alpha value is -2.47. The van der Waals surface area contributed by atoms with Gasteiger partial charge in [-0.15, -0.1) is 0 Å². The highest BCUT2D eigenvalue weighted by Gasteiger charge is 2.26. The minimum atomic E-state index is -0.437. The molecule has 0 aliphatic heterocycles. The maximum absolute atomic E-state index is 12.6. The molecule has 0 saturated carbocycles. The molecule has 0 spiro atoms. The van der Waals surface area contributed by atoms with E-state index in [1.165, 1.54) is 6.20 Å². The van der Waals surface area contributed by atoms with E-state index in [1.54, 1.807) is 36.7 Å². The number of nitrogens with zero attached hydrogens (tertiary/aromatic N) is 2. The molecule has 0 aliphatic carbocycles. The molecule has 1 heterocycles. The monoisotopic (exact) mass is 328 g/mol. The van der Waals surface area contributed by atoms with Crippen molar-refractivity contribution < 1.29 is 9.53 Å². The third-order valence-corrected chi connectivity index (χ3v) is 3.58. The summed E-state index contributed by atoms with van der Waals surface area (Å²) in [6.07, 6.45) is 5.44. The largest absolute Gasteiger partial charge is 0.437 e. The first-order valence-corrected chi connectivity index (χ1v) is 7.98. The molecule has 1 amide bonds. The molecule has 0 saturated heterocycles. The van der Waals surface area contributed by atoms with Crippen molar-refractivity contribution in [3.63, 3.8) is 0 Å². The third-order valence-electron chi connectivity index (χ3n) is 3.58. The van der Waals surface area contributed by atoms with Crippen molar-refractivity contribution in [3.8, 4) is 11.6 Å². The molecule has 128 valence electrons. The smallest absolute Gasteiger partial charge is 0.251 e. The van der Waals surface area contributed by atoms with E-state index < -0.39 is 5.54 Å². The van der Waals surface area contributed by atoms with Crippen molar-refractivity contribution in [2.24, 2.45) is 11.7 Å². The fraction of sp³-hybridized carbons (Fsp3) is 0.389. The van der Waals surface area contributed by atoms with Gasteiger partial charge in [0.15, 0.2) is 0 Å². The Balaban J connectivity index is 2.11. The van der Waals surface area contributed by atoms with Crippen LogP contribution in [0.4, 0.5) is 0 Å². The Labute approximate surface area is 142 Å². The highest BCUT2D eigenvalue weighted by Crippen LogP contribution is 2.21. The molecule has 2 aromatic rings. The van der Waals surface area contributed by atoms with Gasteiger partial charge in [0, 0.05) is 30.0 Å². The number of aromatic nitrogens is 2. The minimum absolute atomic E-state index is 0.173. The van der Waals surface area contributed by atoms with E-state index in [-0.39, 0.29) is 5.91 Å². The number of ether oxygens (including phenoxy) is 1. The second-order valence-corrected chi connectivity index (χ2v) is 6.49. The lowest BCUT2D eigenvalue weighted by atomic mass is 9.90. The molecule has 1 aromatic heterocycles. The molecule has 1 unspecified atom stereocenters.